The first-order chi connectivity index (χ1) is 13.7. The molecular formula is C21H31N5OS. The van der Waals surface area contributed by atoms with E-state index < -0.39 is 0 Å². The second-order valence-electron chi connectivity index (χ2n) is 6.83. The Morgan fingerprint density at radius 2 is 2.21 bits per heavy atom. The van der Waals surface area contributed by atoms with Gasteiger partial charge in [0.05, 0.1) is 17.8 Å². The smallest absolute Gasteiger partial charge is 0.191 e. The average molecular weight is 402 g/mol. The Labute approximate surface area is 172 Å². The highest BCUT2D eigenvalue weighted by Gasteiger charge is 2.25. The van der Waals surface area contributed by atoms with Gasteiger partial charge in [-0.1, -0.05) is 19.1 Å². The second-order valence-corrected chi connectivity index (χ2v) is 8.03. The SMILES string of the molecule is CCNC(=NCCc1ncc(CC)s1)NC1CCN(c2ccccc2OC)C1. The molecule has 2 aromatic rings. The maximum atomic E-state index is 5.51. The summed E-state index contributed by atoms with van der Waals surface area (Å²) >= 11 is 1.79. The molecule has 2 N–H and O–H groups in total. The lowest BCUT2D eigenvalue weighted by molar-refractivity contribution is 0.415. The summed E-state index contributed by atoms with van der Waals surface area (Å²) in [6.07, 6.45) is 5.00. The van der Waals surface area contributed by atoms with Crippen LogP contribution in [0.3, 0.4) is 0 Å². The Morgan fingerprint density at radius 1 is 1.36 bits per heavy atom. The van der Waals surface area contributed by atoms with Crippen molar-refractivity contribution in [2.24, 2.45) is 4.99 Å². The fraction of sp³-hybridized carbons (Fsp3) is 0.524. The van der Waals surface area contributed by atoms with Gasteiger partial charge in [0.1, 0.15) is 5.75 Å². The minimum Gasteiger partial charge on any atom is -0.495 e. The van der Waals surface area contributed by atoms with Crippen LogP contribution in [0.15, 0.2) is 35.5 Å². The molecule has 1 aromatic heterocycles. The van der Waals surface area contributed by atoms with Gasteiger partial charge in [0.2, 0.25) is 0 Å². The van der Waals surface area contributed by atoms with Crippen LogP contribution in [0.2, 0.25) is 0 Å². The number of guanidine groups is 1. The number of nitrogens with zero attached hydrogens (tertiary/aromatic N) is 3. The minimum atomic E-state index is 0.370. The molecule has 2 heterocycles. The van der Waals surface area contributed by atoms with E-state index in [-0.39, 0.29) is 0 Å². The predicted molar refractivity (Wildman–Crippen MR) is 118 cm³/mol. The molecule has 1 aliphatic rings. The van der Waals surface area contributed by atoms with Gasteiger partial charge in [0.15, 0.2) is 5.96 Å². The van der Waals surface area contributed by atoms with Gasteiger partial charge in [-0.3, -0.25) is 4.99 Å². The molecule has 152 valence electrons. The summed E-state index contributed by atoms with van der Waals surface area (Å²) in [5.41, 5.74) is 1.16. The Balaban J connectivity index is 1.55. The van der Waals surface area contributed by atoms with Crippen molar-refractivity contribution in [1.82, 2.24) is 15.6 Å². The predicted octanol–water partition coefficient (Wildman–Crippen LogP) is 3.09. The zero-order valence-electron chi connectivity index (χ0n) is 17.1. The number of ether oxygens (including phenoxy) is 1. The molecule has 1 saturated heterocycles. The van der Waals surface area contributed by atoms with Crippen LogP contribution in [0.4, 0.5) is 5.69 Å². The number of aryl methyl sites for hydroxylation is 1. The first-order valence-electron chi connectivity index (χ1n) is 10.1. The van der Waals surface area contributed by atoms with E-state index in [0.29, 0.717) is 6.04 Å². The molecule has 3 rings (SSSR count). The van der Waals surface area contributed by atoms with Crippen LogP contribution in [0.1, 0.15) is 30.2 Å². The van der Waals surface area contributed by atoms with Crippen LogP contribution in [-0.4, -0.2) is 50.3 Å². The Morgan fingerprint density at radius 3 is 2.96 bits per heavy atom. The molecule has 0 aliphatic carbocycles. The van der Waals surface area contributed by atoms with E-state index >= 15 is 0 Å². The van der Waals surface area contributed by atoms with Crippen molar-refractivity contribution < 1.29 is 4.74 Å². The van der Waals surface area contributed by atoms with Gasteiger partial charge in [0, 0.05) is 49.7 Å². The fourth-order valence-electron chi connectivity index (χ4n) is 3.39. The fourth-order valence-corrected chi connectivity index (χ4v) is 4.24. The number of para-hydroxylation sites is 2. The first-order valence-corrected chi connectivity index (χ1v) is 10.9. The number of nitrogens with one attached hydrogen (secondary N) is 2. The Hall–Kier alpha value is -2.28. The highest BCUT2D eigenvalue weighted by molar-refractivity contribution is 7.11. The van der Waals surface area contributed by atoms with Crippen molar-refractivity contribution in [3.05, 3.63) is 40.3 Å². The summed E-state index contributed by atoms with van der Waals surface area (Å²) in [6.45, 7) is 7.81. The van der Waals surface area contributed by atoms with Crippen molar-refractivity contribution in [3.8, 4) is 5.75 Å². The number of benzene rings is 1. The second kappa shape index (κ2) is 10.3. The molecule has 6 nitrogen and oxygen atoms in total. The molecule has 1 unspecified atom stereocenters. The van der Waals surface area contributed by atoms with Gasteiger partial charge in [-0.25, -0.2) is 4.98 Å². The zero-order valence-corrected chi connectivity index (χ0v) is 17.9. The number of aliphatic imine (C=N–C) groups is 1. The maximum absolute atomic E-state index is 5.51. The van der Waals surface area contributed by atoms with E-state index in [0.717, 1.165) is 62.8 Å². The highest BCUT2D eigenvalue weighted by atomic mass is 32.1. The largest absolute Gasteiger partial charge is 0.495 e. The van der Waals surface area contributed by atoms with Crippen LogP contribution in [0, 0.1) is 0 Å². The number of thiazole rings is 1. The van der Waals surface area contributed by atoms with Crippen molar-refractivity contribution >= 4 is 23.0 Å². The molecule has 28 heavy (non-hydrogen) atoms. The van der Waals surface area contributed by atoms with Crippen LogP contribution < -0.4 is 20.3 Å². The minimum absolute atomic E-state index is 0.370. The van der Waals surface area contributed by atoms with E-state index in [1.54, 1.807) is 18.4 Å². The summed E-state index contributed by atoms with van der Waals surface area (Å²) in [6, 6.07) is 8.58. The third-order valence-electron chi connectivity index (χ3n) is 4.84. The lowest BCUT2D eigenvalue weighted by atomic mass is 10.2. The number of hydrogen-bond donors (Lipinski definition) is 2. The van der Waals surface area contributed by atoms with Gasteiger partial charge >= 0.3 is 0 Å². The Bertz CT molecular complexity index is 776. The average Bonchev–Trinajstić information content (AvgIpc) is 3.37. The standard InChI is InChI=1S/C21H31N5OS/c1-4-17-14-24-20(28-17)10-12-23-21(22-5-2)25-16-11-13-26(15-16)18-8-6-7-9-19(18)27-3/h6-9,14,16H,4-5,10-13,15H2,1-3H3,(H2,22,23,25). The summed E-state index contributed by atoms with van der Waals surface area (Å²) < 4.78 is 5.51. The molecule has 1 atom stereocenters. The van der Waals surface area contributed by atoms with Crippen LogP contribution in [-0.2, 0) is 12.8 Å². The quantitative estimate of drug-likeness (QED) is 0.526. The molecule has 0 amide bonds. The van der Waals surface area contributed by atoms with Crippen LogP contribution >= 0.6 is 11.3 Å². The van der Waals surface area contributed by atoms with E-state index in [4.69, 9.17) is 9.73 Å². The molecule has 0 bridgehead atoms. The number of aromatic nitrogens is 1. The lowest BCUT2D eigenvalue weighted by Crippen LogP contribution is -2.44. The van der Waals surface area contributed by atoms with E-state index in [9.17, 15) is 0 Å². The number of hydrogen-bond acceptors (Lipinski definition) is 5. The van der Waals surface area contributed by atoms with E-state index in [1.807, 2.05) is 18.3 Å². The Kier molecular flexibility index (Phi) is 7.54. The van der Waals surface area contributed by atoms with Gasteiger partial charge in [-0.05, 0) is 31.9 Å². The van der Waals surface area contributed by atoms with Crippen LogP contribution in [0.5, 0.6) is 5.75 Å². The zero-order chi connectivity index (χ0) is 19.8. The highest BCUT2D eigenvalue weighted by Crippen LogP contribution is 2.30. The summed E-state index contributed by atoms with van der Waals surface area (Å²) in [5.74, 6) is 1.82. The molecule has 0 radical (unpaired) electrons. The summed E-state index contributed by atoms with van der Waals surface area (Å²) in [4.78, 5) is 13.0. The molecule has 0 spiro atoms. The maximum Gasteiger partial charge on any atom is 0.191 e. The first kappa shape index (κ1) is 20.5. The van der Waals surface area contributed by atoms with E-state index in [2.05, 4.69) is 46.5 Å². The normalized spacial score (nSPS) is 17.0. The third kappa shape index (κ3) is 5.38. The van der Waals surface area contributed by atoms with Gasteiger partial charge < -0.3 is 20.3 Å². The van der Waals surface area contributed by atoms with Crippen molar-refractivity contribution in [2.75, 3.05) is 38.2 Å². The monoisotopic (exact) mass is 401 g/mol. The van der Waals surface area contributed by atoms with Crippen molar-refractivity contribution in [2.45, 2.75) is 39.2 Å². The van der Waals surface area contributed by atoms with Crippen molar-refractivity contribution in [3.63, 3.8) is 0 Å². The number of anilines is 1. The number of rotatable bonds is 8. The molecule has 1 aliphatic heterocycles. The molecule has 1 aromatic carbocycles. The van der Waals surface area contributed by atoms with Crippen LogP contribution in [0.25, 0.3) is 0 Å². The lowest BCUT2D eigenvalue weighted by Gasteiger charge is -2.22. The third-order valence-corrected chi connectivity index (χ3v) is 6.05. The molecule has 7 heteroatoms. The van der Waals surface area contributed by atoms with E-state index in [1.165, 1.54) is 9.88 Å². The van der Waals surface area contributed by atoms with Gasteiger partial charge in [0.25, 0.3) is 0 Å². The topological polar surface area (TPSA) is 61.8 Å². The summed E-state index contributed by atoms with van der Waals surface area (Å²) in [5, 5.41) is 8.13. The molecule has 1 fully saturated rings. The van der Waals surface area contributed by atoms with Crippen molar-refractivity contribution in [1.29, 1.82) is 0 Å². The number of methoxy groups -OCH3 is 1. The molecule has 0 saturated carbocycles. The van der Waals surface area contributed by atoms with Gasteiger partial charge in [-0.2, -0.15) is 0 Å². The summed E-state index contributed by atoms with van der Waals surface area (Å²) in [7, 11) is 1.73. The molecular weight excluding hydrogens is 370 g/mol. The van der Waals surface area contributed by atoms with Gasteiger partial charge in [-0.15, -0.1) is 11.3 Å².